The van der Waals surface area contributed by atoms with Crippen LogP contribution in [0.2, 0.25) is 0 Å². The molecule has 1 aliphatic rings. The van der Waals surface area contributed by atoms with Gasteiger partial charge in [-0.3, -0.25) is 9.69 Å². The molecule has 98 valence electrons. The van der Waals surface area contributed by atoms with Crippen LogP contribution in [0.15, 0.2) is 24.3 Å². The number of nitrogens with zero attached hydrogens (tertiary/aromatic N) is 1. The van der Waals surface area contributed by atoms with Crippen molar-refractivity contribution in [1.82, 2.24) is 4.90 Å². The standard InChI is InChI=1S/C15H21NO2/c1-11-3-5-13(6-4-11)12(2)16(14-7-8-14)10-9-15(17)18/h3-6,12,14H,7-10H2,1-2H3,(H,17,18). The molecule has 0 bridgehead atoms. The number of aliphatic carboxylic acids is 1. The number of hydrogen-bond acceptors (Lipinski definition) is 2. The van der Waals surface area contributed by atoms with Crippen LogP contribution >= 0.6 is 0 Å². The first-order valence-electron chi connectivity index (χ1n) is 6.62. The fourth-order valence-corrected chi connectivity index (χ4v) is 2.36. The van der Waals surface area contributed by atoms with Gasteiger partial charge in [-0.1, -0.05) is 29.8 Å². The minimum absolute atomic E-state index is 0.229. The second-order valence-electron chi connectivity index (χ2n) is 5.20. The number of carboxylic acids is 1. The zero-order chi connectivity index (χ0) is 13.1. The molecule has 0 radical (unpaired) electrons. The summed E-state index contributed by atoms with van der Waals surface area (Å²) >= 11 is 0. The third-order valence-corrected chi connectivity index (χ3v) is 3.66. The molecule has 1 aliphatic carbocycles. The van der Waals surface area contributed by atoms with Crippen LogP contribution in [0.25, 0.3) is 0 Å². The molecule has 0 aliphatic heterocycles. The molecule has 0 aromatic heterocycles. The molecule has 0 saturated heterocycles. The molecule has 1 N–H and O–H groups in total. The van der Waals surface area contributed by atoms with Crippen molar-refractivity contribution in [2.45, 2.75) is 45.2 Å². The van der Waals surface area contributed by atoms with Gasteiger partial charge in [0.2, 0.25) is 0 Å². The highest BCUT2D eigenvalue weighted by Gasteiger charge is 2.32. The van der Waals surface area contributed by atoms with Crippen molar-refractivity contribution in [2.24, 2.45) is 0 Å². The monoisotopic (exact) mass is 247 g/mol. The molecule has 1 aromatic carbocycles. The number of hydrogen-bond donors (Lipinski definition) is 1. The molecule has 0 spiro atoms. The van der Waals surface area contributed by atoms with E-state index in [2.05, 4.69) is 43.0 Å². The van der Waals surface area contributed by atoms with Gasteiger partial charge in [-0.25, -0.2) is 0 Å². The highest BCUT2D eigenvalue weighted by Crippen LogP contribution is 2.34. The van der Waals surface area contributed by atoms with E-state index in [0.29, 0.717) is 18.6 Å². The van der Waals surface area contributed by atoms with Gasteiger partial charge < -0.3 is 5.11 Å². The van der Waals surface area contributed by atoms with Crippen LogP contribution in [0, 0.1) is 6.92 Å². The normalized spacial score (nSPS) is 16.8. The van der Waals surface area contributed by atoms with E-state index in [1.807, 2.05) is 0 Å². The van der Waals surface area contributed by atoms with Crippen molar-refractivity contribution in [3.8, 4) is 0 Å². The van der Waals surface area contributed by atoms with Gasteiger partial charge in [-0.2, -0.15) is 0 Å². The lowest BCUT2D eigenvalue weighted by Gasteiger charge is -2.29. The molecule has 2 rings (SSSR count). The van der Waals surface area contributed by atoms with Gasteiger partial charge in [0.25, 0.3) is 0 Å². The number of aryl methyl sites for hydroxylation is 1. The van der Waals surface area contributed by atoms with Crippen LogP contribution in [-0.4, -0.2) is 28.6 Å². The number of carbonyl (C=O) groups is 1. The predicted molar refractivity (Wildman–Crippen MR) is 71.6 cm³/mol. The molecule has 1 aromatic rings. The zero-order valence-corrected chi connectivity index (χ0v) is 11.1. The first-order valence-corrected chi connectivity index (χ1v) is 6.62. The Morgan fingerprint density at radius 3 is 2.50 bits per heavy atom. The van der Waals surface area contributed by atoms with Crippen LogP contribution < -0.4 is 0 Å². The largest absolute Gasteiger partial charge is 0.481 e. The summed E-state index contributed by atoms with van der Waals surface area (Å²) in [5.74, 6) is -0.711. The van der Waals surface area contributed by atoms with Gasteiger partial charge in [0.1, 0.15) is 0 Å². The Hall–Kier alpha value is -1.35. The van der Waals surface area contributed by atoms with Crippen LogP contribution in [-0.2, 0) is 4.79 Å². The summed E-state index contributed by atoms with van der Waals surface area (Å²) in [5, 5.41) is 8.83. The maximum Gasteiger partial charge on any atom is 0.304 e. The fraction of sp³-hybridized carbons (Fsp3) is 0.533. The van der Waals surface area contributed by atoms with E-state index in [0.717, 1.165) is 0 Å². The van der Waals surface area contributed by atoms with E-state index >= 15 is 0 Å². The molecule has 3 nitrogen and oxygen atoms in total. The SMILES string of the molecule is Cc1ccc(C(C)N(CCC(=O)O)C2CC2)cc1. The Balaban J connectivity index is 2.05. The molecule has 1 atom stereocenters. The zero-order valence-electron chi connectivity index (χ0n) is 11.1. The average Bonchev–Trinajstić information content (AvgIpc) is 3.14. The van der Waals surface area contributed by atoms with E-state index in [1.165, 1.54) is 24.0 Å². The van der Waals surface area contributed by atoms with Gasteiger partial charge in [-0.15, -0.1) is 0 Å². The van der Waals surface area contributed by atoms with Crippen LogP contribution in [0.3, 0.4) is 0 Å². The van der Waals surface area contributed by atoms with Gasteiger partial charge in [0, 0.05) is 18.6 Å². The number of rotatable bonds is 6. The molecular formula is C15H21NO2. The maximum absolute atomic E-state index is 10.7. The second kappa shape index (κ2) is 5.53. The smallest absolute Gasteiger partial charge is 0.304 e. The Morgan fingerprint density at radius 2 is 2.00 bits per heavy atom. The van der Waals surface area contributed by atoms with E-state index < -0.39 is 5.97 Å². The molecular weight excluding hydrogens is 226 g/mol. The minimum Gasteiger partial charge on any atom is -0.481 e. The lowest BCUT2D eigenvalue weighted by molar-refractivity contribution is -0.137. The maximum atomic E-state index is 10.7. The summed E-state index contributed by atoms with van der Waals surface area (Å²) in [6.07, 6.45) is 2.64. The lowest BCUT2D eigenvalue weighted by Crippen LogP contribution is -2.31. The fourth-order valence-electron chi connectivity index (χ4n) is 2.36. The van der Waals surface area contributed by atoms with Crippen molar-refractivity contribution in [3.63, 3.8) is 0 Å². The summed E-state index contributed by atoms with van der Waals surface area (Å²) in [6.45, 7) is 4.90. The molecule has 1 saturated carbocycles. The summed E-state index contributed by atoms with van der Waals surface area (Å²) < 4.78 is 0. The van der Waals surface area contributed by atoms with Crippen LogP contribution in [0.1, 0.15) is 43.4 Å². The van der Waals surface area contributed by atoms with E-state index in [4.69, 9.17) is 5.11 Å². The number of carboxylic acid groups (broad SMARTS) is 1. The van der Waals surface area contributed by atoms with Crippen LogP contribution in [0.4, 0.5) is 0 Å². The molecule has 1 fully saturated rings. The Labute approximate surface area is 108 Å². The first-order chi connectivity index (χ1) is 8.58. The molecule has 18 heavy (non-hydrogen) atoms. The minimum atomic E-state index is -0.711. The van der Waals surface area contributed by atoms with Crippen molar-refractivity contribution >= 4 is 5.97 Å². The second-order valence-corrected chi connectivity index (χ2v) is 5.20. The topological polar surface area (TPSA) is 40.5 Å². The third-order valence-electron chi connectivity index (χ3n) is 3.66. The Bertz CT molecular complexity index is 409. The molecule has 0 heterocycles. The predicted octanol–water partition coefficient (Wildman–Crippen LogP) is 3.00. The Morgan fingerprint density at radius 1 is 1.39 bits per heavy atom. The van der Waals surface area contributed by atoms with E-state index in [1.54, 1.807) is 0 Å². The van der Waals surface area contributed by atoms with Crippen molar-refractivity contribution in [1.29, 1.82) is 0 Å². The van der Waals surface area contributed by atoms with E-state index in [-0.39, 0.29) is 6.42 Å². The third kappa shape index (κ3) is 3.33. The highest BCUT2D eigenvalue weighted by molar-refractivity contribution is 5.66. The van der Waals surface area contributed by atoms with Crippen molar-refractivity contribution in [3.05, 3.63) is 35.4 Å². The van der Waals surface area contributed by atoms with E-state index in [9.17, 15) is 4.79 Å². The van der Waals surface area contributed by atoms with Gasteiger partial charge >= 0.3 is 5.97 Å². The number of benzene rings is 1. The Kier molecular flexibility index (Phi) is 4.02. The van der Waals surface area contributed by atoms with Gasteiger partial charge in [0.15, 0.2) is 0 Å². The first kappa shape index (κ1) is 13.1. The summed E-state index contributed by atoms with van der Waals surface area (Å²) in [6, 6.07) is 9.42. The van der Waals surface area contributed by atoms with Crippen molar-refractivity contribution < 1.29 is 9.90 Å². The quantitative estimate of drug-likeness (QED) is 0.840. The molecule has 1 unspecified atom stereocenters. The van der Waals surface area contributed by atoms with Crippen LogP contribution in [0.5, 0.6) is 0 Å². The molecule has 3 heteroatoms. The summed E-state index contributed by atoms with van der Waals surface area (Å²) in [5.41, 5.74) is 2.53. The summed E-state index contributed by atoms with van der Waals surface area (Å²) in [4.78, 5) is 13.1. The average molecular weight is 247 g/mol. The summed E-state index contributed by atoms with van der Waals surface area (Å²) in [7, 11) is 0. The van der Waals surface area contributed by atoms with Gasteiger partial charge in [-0.05, 0) is 32.3 Å². The van der Waals surface area contributed by atoms with Gasteiger partial charge in [0.05, 0.1) is 6.42 Å². The lowest BCUT2D eigenvalue weighted by atomic mass is 10.0. The van der Waals surface area contributed by atoms with Crippen molar-refractivity contribution in [2.75, 3.05) is 6.54 Å². The highest BCUT2D eigenvalue weighted by atomic mass is 16.4. The molecule has 0 amide bonds.